The van der Waals surface area contributed by atoms with Gasteiger partial charge in [-0.2, -0.15) is 0 Å². The molecule has 0 bridgehead atoms. The van der Waals surface area contributed by atoms with E-state index in [0.717, 1.165) is 29.0 Å². The molecule has 0 aliphatic heterocycles. The summed E-state index contributed by atoms with van der Waals surface area (Å²) < 4.78 is 10.9. The Bertz CT molecular complexity index is 655. The molecular formula is C19H23NO3. The summed E-state index contributed by atoms with van der Waals surface area (Å²) in [5.74, 6) is 0.580. The molecule has 2 aromatic rings. The maximum absolute atomic E-state index is 12.3. The Kier molecular flexibility index (Phi) is 6.18. The number of aryl methyl sites for hydroxylation is 1. The predicted molar refractivity (Wildman–Crippen MR) is 91.7 cm³/mol. The van der Waals surface area contributed by atoms with Crippen molar-refractivity contribution >= 4 is 11.6 Å². The fraction of sp³-hybridized carbons (Fsp3) is 0.316. The summed E-state index contributed by atoms with van der Waals surface area (Å²) in [4.78, 5) is 12.3. The van der Waals surface area contributed by atoms with Crippen LogP contribution in [0.3, 0.4) is 0 Å². The smallest absolute Gasteiger partial charge is 0.265 e. The summed E-state index contributed by atoms with van der Waals surface area (Å²) in [5.41, 5.74) is 2.84. The van der Waals surface area contributed by atoms with Crippen molar-refractivity contribution in [3.63, 3.8) is 0 Å². The Morgan fingerprint density at radius 1 is 1.17 bits per heavy atom. The number of benzene rings is 2. The van der Waals surface area contributed by atoms with Crippen LogP contribution in [0.5, 0.6) is 5.75 Å². The molecule has 0 saturated heterocycles. The zero-order valence-electron chi connectivity index (χ0n) is 13.8. The van der Waals surface area contributed by atoms with Crippen molar-refractivity contribution < 1.29 is 14.3 Å². The van der Waals surface area contributed by atoms with Crippen molar-refractivity contribution in [3.05, 3.63) is 59.7 Å². The molecule has 4 nitrogen and oxygen atoms in total. The Labute approximate surface area is 137 Å². The van der Waals surface area contributed by atoms with Crippen LogP contribution in [0, 0.1) is 0 Å². The zero-order valence-corrected chi connectivity index (χ0v) is 13.8. The highest BCUT2D eigenvalue weighted by Gasteiger charge is 2.16. The van der Waals surface area contributed by atoms with Crippen LogP contribution >= 0.6 is 0 Å². The summed E-state index contributed by atoms with van der Waals surface area (Å²) in [5, 5.41) is 2.88. The van der Waals surface area contributed by atoms with Crippen LogP contribution in [0.1, 0.15) is 25.0 Å². The molecule has 0 radical (unpaired) electrons. The van der Waals surface area contributed by atoms with Crippen molar-refractivity contribution in [2.45, 2.75) is 33.0 Å². The molecule has 1 amide bonds. The minimum atomic E-state index is -0.575. The molecular weight excluding hydrogens is 290 g/mol. The van der Waals surface area contributed by atoms with Gasteiger partial charge in [-0.25, -0.2) is 0 Å². The Hall–Kier alpha value is -2.33. The fourth-order valence-electron chi connectivity index (χ4n) is 2.30. The van der Waals surface area contributed by atoms with E-state index in [1.807, 2.05) is 48.5 Å². The van der Waals surface area contributed by atoms with Crippen LogP contribution in [-0.4, -0.2) is 19.1 Å². The van der Waals surface area contributed by atoms with E-state index in [0.29, 0.717) is 6.61 Å². The van der Waals surface area contributed by atoms with E-state index in [1.54, 1.807) is 14.0 Å². The van der Waals surface area contributed by atoms with Gasteiger partial charge in [0, 0.05) is 12.8 Å². The second-order valence-corrected chi connectivity index (χ2v) is 5.34. The molecule has 0 aromatic heterocycles. The van der Waals surface area contributed by atoms with Gasteiger partial charge in [0.05, 0.1) is 6.61 Å². The van der Waals surface area contributed by atoms with Crippen LogP contribution in [0.15, 0.2) is 48.5 Å². The summed E-state index contributed by atoms with van der Waals surface area (Å²) >= 11 is 0. The molecule has 23 heavy (non-hydrogen) atoms. The summed E-state index contributed by atoms with van der Waals surface area (Å²) in [6.07, 6.45) is 0.289. The number of anilines is 1. The second-order valence-electron chi connectivity index (χ2n) is 5.34. The normalized spacial score (nSPS) is 11.8. The largest absolute Gasteiger partial charge is 0.481 e. The molecule has 1 atom stereocenters. The van der Waals surface area contributed by atoms with Gasteiger partial charge in [-0.1, -0.05) is 37.3 Å². The quantitative estimate of drug-likeness (QED) is 0.845. The number of carbonyl (C=O) groups is 1. The van der Waals surface area contributed by atoms with Crippen molar-refractivity contribution in [2.24, 2.45) is 0 Å². The number of hydrogen-bond donors (Lipinski definition) is 1. The third kappa shape index (κ3) is 4.83. The number of methoxy groups -OCH3 is 1. The average molecular weight is 313 g/mol. The Morgan fingerprint density at radius 2 is 1.96 bits per heavy atom. The van der Waals surface area contributed by atoms with Crippen molar-refractivity contribution in [3.8, 4) is 5.75 Å². The summed E-state index contributed by atoms with van der Waals surface area (Å²) in [7, 11) is 1.65. The van der Waals surface area contributed by atoms with Gasteiger partial charge in [0.15, 0.2) is 6.10 Å². The monoisotopic (exact) mass is 313 g/mol. The topological polar surface area (TPSA) is 47.6 Å². The number of carbonyl (C=O) groups excluding carboxylic acids is 1. The molecule has 0 fully saturated rings. The first-order valence-electron chi connectivity index (χ1n) is 7.77. The molecule has 0 saturated carbocycles. The van der Waals surface area contributed by atoms with Gasteiger partial charge >= 0.3 is 0 Å². The molecule has 122 valence electrons. The molecule has 2 aromatic carbocycles. The minimum absolute atomic E-state index is 0.175. The minimum Gasteiger partial charge on any atom is -0.481 e. The third-order valence-corrected chi connectivity index (χ3v) is 3.53. The number of ether oxygens (including phenoxy) is 2. The van der Waals surface area contributed by atoms with Crippen LogP contribution in [-0.2, 0) is 22.6 Å². The Morgan fingerprint density at radius 3 is 2.70 bits per heavy atom. The summed E-state index contributed by atoms with van der Waals surface area (Å²) in [6, 6.07) is 15.4. The lowest BCUT2D eigenvalue weighted by Crippen LogP contribution is -2.30. The molecule has 1 unspecified atom stereocenters. The van der Waals surface area contributed by atoms with E-state index in [2.05, 4.69) is 12.2 Å². The molecule has 1 N–H and O–H groups in total. The summed E-state index contributed by atoms with van der Waals surface area (Å²) in [6.45, 7) is 4.33. The van der Waals surface area contributed by atoms with E-state index < -0.39 is 6.10 Å². The highest BCUT2D eigenvalue weighted by atomic mass is 16.5. The third-order valence-electron chi connectivity index (χ3n) is 3.53. The lowest BCUT2D eigenvalue weighted by molar-refractivity contribution is -0.122. The highest BCUT2D eigenvalue weighted by Crippen LogP contribution is 2.20. The van der Waals surface area contributed by atoms with Crippen LogP contribution in [0.4, 0.5) is 5.69 Å². The number of amides is 1. The van der Waals surface area contributed by atoms with E-state index in [-0.39, 0.29) is 5.91 Å². The van der Waals surface area contributed by atoms with Crippen molar-refractivity contribution in [1.82, 2.24) is 0 Å². The van der Waals surface area contributed by atoms with Gasteiger partial charge in [0.25, 0.3) is 5.91 Å². The predicted octanol–water partition coefficient (Wildman–Crippen LogP) is 3.80. The molecule has 2 rings (SSSR count). The molecule has 0 heterocycles. The maximum atomic E-state index is 12.3. The fourth-order valence-corrected chi connectivity index (χ4v) is 2.30. The first kappa shape index (κ1) is 17.0. The highest BCUT2D eigenvalue weighted by molar-refractivity contribution is 5.94. The van der Waals surface area contributed by atoms with E-state index >= 15 is 0 Å². The number of nitrogens with one attached hydrogen (secondary N) is 1. The lowest BCUT2D eigenvalue weighted by atomic mass is 10.1. The van der Waals surface area contributed by atoms with Gasteiger partial charge < -0.3 is 14.8 Å². The van der Waals surface area contributed by atoms with Gasteiger partial charge in [-0.3, -0.25) is 4.79 Å². The number of hydrogen-bond acceptors (Lipinski definition) is 3. The van der Waals surface area contributed by atoms with Gasteiger partial charge in [-0.15, -0.1) is 0 Å². The Balaban J connectivity index is 2.01. The van der Waals surface area contributed by atoms with Gasteiger partial charge in [0.2, 0.25) is 0 Å². The van der Waals surface area contributed by atoms with Crippen LogP contribution in [0.2, 0.25) is 0 Å². The molecule has 0 aliphatic carbocycles. The van der Waals surface area contributed by atoms with E-state index in [1.165, 1.54) is 0 Å². The van der Waals surface area contributed by atoms with E-state index in [9.17, 15) is 4.79 Å². The van der Waals surface area contributed by atoms with Crippen LogP contribution in [0.25, 0.3) is 0 Å². The van der Waals surface area contributed by atoms with Crippen LogP contribution < -0.4 is 10.1 Å². The number of rotatable bonds is 7. The van der Waals surface area contributed by atoms with Gasteiger partial charge in [0.1, 0.15) is 5.75 Å². The average Bonchev–Trinajstić information content (AvgIpc) is 2.56. The number of para-hydroxylation sites is 1. The van der Waals surface area contributed by atoms with Crippen molar-refractivity contribution in [1.29, 1.82) is 0 Å². The van der Waals surface area contributed by atoms with E-state index in [4.69, 9.17) is 9.47 Å². The van der Waals surface area contributed by atoms with Crippen molar-refractivity contribution in [2.75, 3.05) is 12.4 Å². The molecule has 0 aliphatic rings. The maximum Gasteiger partial charge on any atom is 0.265 e. The molecule has 0 spiro atoms. The SMILES string of the molecule is CCc1ccccc1OC(C)C(=O)Nc1cccc(COC)c1. The first-order chi connectivity index (χ1) is 11.1. The first-order valence-corrected chi connectivity index (χ1v) is 7.77. The van der Waals surface area contributed by atoms with Gasteiger partial charge in [-0.05, 0) is 42.7 Å². The lowest BCUT2D eigenvalue weighted by Gasteiger charge is -2.17. The molecule has 4 heteroatoms. The zero-order chi connectivity index (χ0) is 16.7. The second kappa shape index (κ2) is 8.34. The standard InChI is InChI=1S/C19H23NO3/c1-4-16-9-5-6-11-18(16)23-14(2)19(21)20-17-10-7-8-15(12-17)13-22-3/h5-12,14H,4,13H2,1-3H3,(H,20,21).